The number of amides is 1. The third-order valence-electron chi connectivity index (χ3n) is 4.29. The number of carbonyl (C=O) groups is 1. The van der Waals surface area contributed by atoms with Crippen molar-refractivity contribution in [2.75, 3.05) is 26.2 Å². The van der Waals surface area contributed by atoms with Crippen LogP contribution in [0.15, 0.2) is 47.4 Å². The quantitative estimate of drug-likeness (QED) is 0.759. The van der Waals surface area contributed by atoms with Gasteiger partial charge in [0.15, 0.2) is 0 Å². The van der Waals surface area contributed by atoms with Crippen LogP contribution in [-0.4, -0.2) is 49.7 Å². The highest BCUT2D eigenvalue weighted by Crippen LogP contribution is 2.27. The van der Waals surface area contributed by atoms with Crippen LogP contribution in [0.2, 0.25) is 10.0 Å². The number of benzene rings is 2. The van der Waals surface area contributed by atoms with Crippen molar-refractivity contribution in [3.63, 3.8) is 0 Å². The fourth-order valence-corrected chi connectivity index (χ4v) is 4.63. The van der Waals surface area contributed by atoms with Crippen molar-refractivity contribution in [1.29, 1.82) is 5.26 Å². The Bertz CT molecular complexity index is 1030. The maximum Gasteiger partial charge on any atom is 0.253 e. The molecule has 1 fully saturated rings. The lowest BCUT2D eigenvalue weighted by Crippen LogP contribution is -2.50. The number of sulfonamides is 1. The lowest BCUT2D eigenvalue weighted by atomic mass is 10.1. The number of hydrogen-bond donors (Lipinski definition) is 0. The maximum atomic E-state index is 12.8. The smallest absolute Gasteiger partial charge is 0.253 e. The van der Waals surface area contributed by atoms with Crippen LogP contribution in [0.25, 0.3) is 0 Å². The Morgan fingerprint density at radius 2 is 1.70 bits per heavy atom. The number of nitriles is 1. The number of nitrogens with zero attached hydrogens (tertiary/aromatic N) is 3. The second kappa shape index (κ2) is 7.87. The number of halogens is 2. The van der Waals surface area contributed by atoms with E-state index in [-0.39, 0.29) is 47.0 Å². The van der Waals surface area contributed by atoms with Crippen LogP contribution in [0, 0.1) is 11.3 Å². The normalized spacial score (nSPS) is 15.4. The number of hydrogen-bond acceptors (Lipinski definition) is 4. The molecule has 0 atom stereocenters. The summed E-state index contributed by atoms with van der Waals surface area (Å²) in [5, 5.41) is 9.41. The molecular formula is C18H15Cl2N3O3S. The summed E-state index contributed by atoms with van der Waals surface area (Å²) in [6.07, 6.45) is 0. The van der Waals surface area contributed by atoms with E-state index in [4.69, 9.17) is 28.5 Å². The third-order valence-corrected chi connectivity index (χ3v) is 6.93. The molecule has 0 aliphatic carbocycles. The second-order valence-corrected chi connectivity index (χ2v) is 8.72. The van der Waals surface area contributed by atoms with Crippen molar-refractivity contribution in [3.8, 4) is 6.07 Å². The molecule has 1 amide bonds. The van der Waals surface area contributed by atoms with Crippen LogP contribution in [0.1, 0.15) is 15.9 Å². The van der Waals surface area contributed by atoms with Gasteiger partial charge in [0, 0.05) is 31.7 Å². The van der Waals surface area contributed by atoms with Crippen LogP contribution in [0.3, 0.4) is 0 Å². The van der Waals surface area contributed by atoms with Crippen LogP contribution >= 0.6 is 23.2 Å². The molecule has 0 aromatic heterocycles. The summed E-state index contributed by atoms with van der Waals surface area (Å²) in [6.45, 7) is 0.866. The Labute approximate surface area is 167 Å². The molecule has 0 saturated carbocycles. The highest BCUT2D eigenvalue weighted by molar-refractivity contribution is 7.89. The van der Waals surface area contributed by atoms with E-state index >= 15 is 0 Å². The largest absolute Gasteiger partial charge is 0.336 e. The van der Waals surface area contributed by atoms with Crippen molar-refractivity contribution in [2.45, 2.75) is 4.90 Å². The van der Waals surface area contributed by atoms with E-state index < -0.39 is 10.0 Å². The van der Waals surface area contributed by atoms with E-state index in [9.17, 15) is 13.2 Å². The van der Waals surface area contributed by atoms with Gasteiger partial charge in [-0.05, 0) is 36.4 Å². The summed E-state index contributed by atoms with van der Waals surface area (Å²) in [5.41, 5.74) is 0.816. The number of rotatable bonds is 3. The molecule has 0 spiro atoms. The predicted octanol–water partition coefficient (Wildman–Crippen LogP) is 3.01. The van der Waals surface area contributed by atoms with Gasteiger partial charge in [-0.3, -0.25) is 4.79 Å². The Hall–Kier alpha value is -2.11. The average Bonchev–Trinajstić information content (AvgIpc) is 2.69. The van der Waals surface area contributed by atoms with Gasteiger partial charge in [-0.25, -0.2) is 8.42 Å². The van der Waals surface area contributed by atoms with Crippen molar-refractivity contribution in [1.82, 2.24) is 9.21 Å². The molecule has 1 saturated heterocycles. The van der Waals surface area contributed by atoms with E-state index in [2.05, 4.69) is 0 Å². The highest BCUT2D eigenvalue weighted by atomic mass is 35.5. The monoisotopic (exact) mass is 423 g/mol. The molecule has 140 valence electrons. The molecule has 1 aliphatic heterocycles. The fourth-order valence-electron chi connectivity index (χ4n) is 2.82. The minimum Gasteiger partial charge on any atom is -0.336 e. The SMILES string of the molecule is N#Cc1cccc(C(=O)N2CCN(S(=O)(=O)c3ccc(Cl)c(Cl)c3)CC2)c1. The van der Waals surface area contributed by atoms with Gasteiger partial charge in [0.05, 0.1) is 26.6 Å². The lowest BCUT2D eigenvalue weighted by Gasteiger charge is -2.34. The Kier molecular flexibility index (Phi) is 5.72. The molecule has 27 heavy (non-hydrogen) atoms. The zero-order chi connectivity index (χ0) is 19.6. The lowest BCUT2D eigenvalue weighted by molar-refractivity contribution is 0.0698. The molecule has 0 bridgehead atoms. The van der Waals surface area contributed by atoms with Gasteiger partial charge in [-0.1, -0.05) is 29.3 Å². The summed E-state index contributed by atoms with van der Waals surface area (Å²) >= 11 is 11.8. The van der Waals surface area contributed by atoms with Crippen molar-refractivity contribution < 1.29 is 13.2 Å². The molecule has 9 heteroatoms. The molecule has 0 N–H and O–H groups in total. The third kappa shape index (κ3) is 4.09. The van der Waals surface area contributed by atoms with E-state index in [1.165, 1.54) is 28.6 Å². The molecule has 0 radical (unpaired) electrons. The molecule has 1 heterocycles. The van der Waals surface area contributed by atoms with Gasteiger partial charge >= 0.3 is 0 Å². The minimum absolute atomic E-state index is 0.0680. The van der Waals surface area contributed by atoms with Crippen molar-refractivity contribution in [2.24, 2.45) is 0 Å². The van der Waals surface area contributed by atoms with Gasteiger partial charge in [0.1, 0.15) is 0 Å². The first-order chi connectivity index (χ1) is 12.8. The molecule has 2 aromatic rings. The van der Waals surface area contributed by atoms with Crippen molar-refractivity contribution >= 4 is 39.1 Å². The highest BCUT2D eigenvalue weighted by Gasteiger charge is 2.30. The van der Waals surface area contributed by atoms with E-state index in [1.54, 1.807) is 23.1 Å². The molecule has 1 aliphatic rings. The van der Waals surface area contributed by atoms with Crippen LogP contribution < -0.4 is 0 Å². The summed E-state index contributed by atoms with van der Waals surface area (Å²) in [7, 11) is -3.72. The fraction of sp³-hybridized carbons (Fsp3) is 0.222. The van der Waals surface area contributed by atoms with E-state index in [0.29, 0.717) is 11.1 Å². The standard InChI is InChI=1S/C18H15Cl2N3O3S/c19-16-5-4-15(11-17(16)20)27(25,26)23-8-6-22(7-9-23)18(24)14-3-1-2-13(10-14)12-21/h1-5,10-11H,6-9H2. The maximum absolute atomic E-state index is 12.8. The predicted molar refractivity (Wildman–Crippen MR) is 102 cm³/mol. The number of carbonyl (C=O) groups excluding carboxylic acids is 1. The Morgan fingerprint density at radius 3 is 2.33 bits per heavy atom. The first kappa shape index (κ1) is 19.6. The Balaban J connectivity index is 1.71. The van der Waals surface area contributed by atoms with Crippen LogP contribution in [0.4, 0.5) is 0 Å². The molecular weight excluding hydrogens is 409 g/mol. The van der Waals surface area contributed by atoms with Gasteiger partial charge in [-0.15, -0.1) is 0 Å². The van der Waals surface area contributed by atoms with Crippen LogP contribution in [0.5, 0.6) is 0 Å². The Morgan fingerprint density at radius 1 is 1.00 bits per heavy atom. The van der Waals surface area contributed by atoms with Gasteiger partial charge in [0.2, 0.25) is 10.0 Å². The number of piperazine rings is 1. The van der Waals surface area contributed by atoms with Gasteiger partial charge < -0.3 is 4.90 Å². The zero-order valence-electron chi connectivity index (χ0n) is 14.1. The molecule has 6 nitrogen and oxygen atoms in total. The van der Waals surface area contributed by atoms with Gasteiger partial charge in [-0.2, -0.15) is 9.57 Å². The van der Waals surface area contributed by atoms with Crippen molar-refractivity contribution in [3.05, 3.63) is 63.6 Å². The molecule has 0 unspecified atom stereocenters. The van der Waals surface area contributed by atoms with E-state index in [0.717, 1.165) is 0 Å². The zero-order valence-corrected chi connectivity index (χ0v) is 16.4. The second-order valence-electron chi connectivity index (χ2n) is 5.96. The average molecular weight is 424 g/mol. The summed E-state index contributed by atoms with van der Waals surface area (Å²) < 4.78 is 26.9. The summed E-state index contributed by atoms with van der Waals surface area (Å²) in [4.78, 5) is 14.2. The van der Waals surface area contributed by atoms with Gasteiger partial charge in [0.25, 0.3) is 5.91 Å². The topological polar surface area (TPSA) is 81.5 Å². The van der Waals surface area contributed by atoms with E-state index in [1.807, 2.05) is 6.07 Å². The van der Waals surface area contributed by atoms with Crippen LogP contribution in [-0.2, 0) is 10.0 Å². The minimum atomic E-state index is -3.72. The molecule has 3 rings (SSSR count). The molecule has 2 aromatic carbocycles. The first-order valence-corrected chi connectivity index (χ1v) is 10.3. The first-order valence-electron chi connectivity index (χ1n) is 8.07. The summed E-state index contributed by atoms with van der Waals surface area (Å²) in [5.74, 6) is -0.223. The summed E-state index contributed by atoms with van der Waals surface area (Å²) in [6, 6.07) is 12.6.